The van der Waals surface area contributed by atoms with Crippen LogP contribution in [-0.4, -0.2) is 21.9 Å². The molecule has 1 N–H and O–H groups in total. The second kappa shape index (κ2) is 5.71. The van der Waals surface area contributed by atoms with Gasteiger partial charge in [0.1, 0.15) is 11.6 Å². The predicted octanol–water partition coefficient (Wildman–Crippen LogP) is 2.89. The smallest absolute Gasteiger partial charge is 0.152 e. The lowest BCUT2D eigenvalue weighted by molar-refractivity contribution is 0.415. The molecule has 20 heavy (non-hydrogen) atoms. The van der Waals surface area contributed by atoms with Gasteiger partial charge in [-0.1, -0.05) is 11.6 Å². The number of hydrogen-bond donors (Lipinski definition) is 1. The van der Waals surface area contributed by atoms with Gasteiger partial charge in [0, 0.05) is 19.0 Å². The molecule has 3 rings (SSSR count). The summed E-state index contributed by atoms with van der Waals surface area (Å²) in [4.78, 5) is 0. The third-order valence-electron chi connectivity index (χ3n) is 3.55. The Morgan fingerprint density at radius 1 is 1.35 bits per heavy atom. The summed E-state index contributed by atoms with van der Waals surface area (Å²) in [5.41, 5.74) is 0.846. The average molecular weight is 293 g/mol. The van der Waals surface area contributed by atoms with E-state index in [0.29, 0.717) is 11.6 Å². The largest absolute Gasteiger partial charge is 0.497 e. The minimum atomic E-state index is 0.611. The zero-order valence-corrected chi connectivity index (χ0v) is 12.2. The number of halogens is 1. The summed E-state index contributed by atoms with van der Waals surface area (Å²) in [5, 5.41) is 12.5. The second-order valence-electron chi connectivity index (χ2n) is 4.84. The molecule has 0 saturated heterocycles. The van der Waals surface area contributed by atoms with E-state index in [1.54, 1.807) is 7.11 Å². The molecule has 1 aliphatic heterocycles. The molecule has 2 heterocycles. The van der Waals surface area contributed by atoms with E-state index < -0.39 is 0 Å². The quantitative estimate of drug-likeness (QED) is 0.941. The molecule has 1 aromatic heterocycles. The summed E-state index contributed by atoms with van der Waals surface area (Å²) in [6.45, 7) is 1.62. The fourth-order valence-electron chi connectivity index (χ4n) is 2.44. The van der Waals surface area contributed by atoms with Crippen LogP contribution in [0.25, 0.3) is 0 Å². The molecule has 106 valence electrons. The van der Waals surface area contributed by atoms with Crippen LogP contribution in [0, 0.1) is 0 Å². The van der Waals surface area contributed by atoms with Crippen molar-refractivity contribution in [1.29, 1.82) is 0 Å². The Bertz CT molecular complexity index is 611. The number of nitrogens with one attached hydrogen (secondary N) is 1. The summed E-state index contributed by atoms with van der Waals surface area (Å²) < 4.78 is 7.40. The Kier molecular flexibility index (Phi) is 3.78. The summed E-state index contributed by atoms with van der Waals surface area (Å²) in [7, 11) is 1.64. The summed E-state index contributed by atoms with van der Waals surface area (Å²) >= 11 is 6.18. The van der Waals surface area contributed by atoms with Crippen molar-refractivity contribution in [2.75, 3.05) is 12.4 Å². The molecule has 6 heteroatoms. The Hall–Kier alpha value is -1.75. The molecule has 0 amide bonds. The number of benzene rings is 1. The molecule has 0 unspecified atom stereocenters. The first-order valence-electron chi connectivity index (χ1n) is 6.76. The van der Waals surface area contributed by atoms with Crippen molar-refractivity contribution in [2.24, 2.45) is 0 Å². The molecular weight excluding hydrogens is 276 g/mol. The maximum atomic E-state index is 6.18. The minimum absolute atomic E-state index is 0.611. The predicted molar refractivity (Wildman–Crippen MR) is 78.3 cm³/mol. The summed E-state index contributed by atoms with van der Waals surface area (Å²) in [6.07, 6.45) is 3.41. The van der Waals surface area contributed by atoms with Crippen LogP contribution in [-0.2, 0) is 19.5 Å². The van der Waals surface area contributed by atoms with E-state index >= 15 is 0 Å². The van der Waals surface area contributed by atoms with Gasteiger partial charge in [0.2, 0.25) is 0 Å². The third kappa shape index (κ3) is 2.58. The van der Waals surface area contributed by atoms with Crippen molar-refractivity contribution >= 4 is 17.3 Å². The molecule has 0 bridgehead atoms. The van der Waals surface area contributed by atoms with Crippen LogP contribution in [0.2, 0.25) is 5.02 Å². The number of nitrogens with zero attached hydrogens (tertiary/aromatic N) is 3. The van der Waals surface area contributed by atoms with Crippen LogP contribution < -0.4 is 10.1 Å². The fourth-order valence-corrected chi connectivity index (χ4v) is 2.62. The minimum Gasteiger partial charge on any atom is -0.497 e. The highest BCUT2D eigenvalue weighted by Gasteiger charge is 2.15. The standard InChI is InChI=1S/C14H17ClN4O/c1-20-10-5-6-11(15)12(8-10)16-9-14-18-17-13-4-2-3-7-19(13)14/h5-6,8,16H,2-4,7,9H2,1H3. The van der Waals surface area contributed by atoms with Crippen molar-refractivity contribution in [3.63, 3.8) is 0 Å². The van der Waals surface area contributed by atoms with Crippen LogP contribution in [0.15, 0.2) is 18.2 Å². The highest BCUT2D eigenvalue weighted by atomic mass is 35.5. The molecule has 0 saturated carbocycles. The van der Waals surface area contributed by atoms with Crippen molar-refractivity contribution in [1.82, 2.24) is 14.8 Å². The molecule has 1 aliphatic rings. The maximum Gasteiger partial charge on any atom is 0.152 e. The van der Waals surface area contributed by atoms with Gasteiger partial charge in [-0.3, -0.25) is 0 Å². The van der Waals surface area contributed by atoms with Crippen molar-refractivity contribution in [3.8, 4) is 5.75 Å². The number of anilines is 1. The van der Waals surface area contributed by atoms with Gasteiger partial charge in [-0.05, 0) is 25.0 Å². The van der Waals surface area contributed by atoms with Gasteiger partial charge in [0.25, 0.3) is 0 Å². The number of hydrogen-bond acceptors (Lipinski definition) is 4. The lowest BCUT2D eigenvalue weighted by atomic mass is 10.2. The Labute approximate surface area is 122 Å². The Morgan fingerprint density at radius 2 is 2.25 bits per heavy atom. The van der Waals surface area contributed by atoms with E-state index in [0.717, 1.165) is 36.1 Å². The molecule has 0 radical (unpaired) electrons. The number of rotatable bonds is 4. The van der Waals surface area contributed by atoms with Crippen LogP contribution in [0.4, 0.5) is 5.69 Å². The summed E-state index contributed by atoms with van der Waals surface area (Å²) in [5.74, 6) is 2.82. The molecule has 2 aromatic rings. The monoisotopic (exact) mass is 292 g/mol. The molecule has 1 aromatic carbocycles. The number of aryl methyl sites for hydroxylation is 1. The van der Waals surface area contributed by atoms with E-state index in [1.807, 2.05) is 18.2 Å². The SMILES string of the molecule is COc1ccc(Cl)c(NCc2nnc3n2CCCC3)c1. The normalized spacial score (nSPS) is 13.9. The summed E-state index contributed by atoms with van der Waals surface area (Å²) in [6, 6.07) is 5.55. The molecule has 0 aliphatic carbocycles. The van der Waals surface area contributed by atoms with Crippen molar-refractivity contribution < 1.29 is 4.74 Å². The average Bonchev–Trinajstić information content (AvgIpc) is 2.90. The fraction of sp³-hybridized carbons (Fsp3) is 0.429. The van der Waals surface area contributed by atoms with Gasteiger partial charge in [-0.25, -0.2) is 0 Å². The van der Waals surface area contributed by atoms with Gasteiger partial charge >= 0.3 is 0 Å². The van der Waals surface area contributed by atoms with E-state index in [9.17, 15) is 0 Å². The van der Waals surface area contributed by atoms with Gasteiger partial charge in [-0.2, -0.15) is 0 Å². The maximum absolute atomic E-state index is 6.18. The molecule has 0 atom stereocenters. The van der Waals surface area contributed by atoms with E-state index in [4.69, 9.17) is 16.3 Å². The topological polar surface area (TPSA) is 52.0 Å². The van der Waals surface area contributed by atoms with Gasteiger partial charge in [0.05, 0.1) is 24.4 Å². The van der Waals surface area contributed by atoms with E-state index in [2.05, 4.69) is 20.1 Å². The van der Waals surface area contributed by atoms with Gasteiger partial charge in [0.15, 0.2) is 5.82 Å². The lowest BCUT2D eigenvalue weighted by Crippen LogP contribution is -2.15. The number of methoxy groups -OCH3 is 1. The zero-order chi connectivity index (χ0) is 13.9. The number of fused-ring (bicyclic) bond motifs is 1. The van der Waals surface area contributed by atoms with Gasteiger partial charge < -0.3 is 14.6 Å². The van der Waals surface area contributed by atoms with Crippen LogP contribution >= 0.6 is 11.6 Å². The Morgan fingerprint density at radius 3 is 3.10 bits per heavy atom. The lowest BCUT2D eigenvalue weighted by Gasteiger charge is -2.15. The van der Waals surface area contributed by atoms with Crippen LogP contribution in [0.3, 0.4) is 0 Å². The third-order valence-corrected chi connectivity index (χ3v) is 3.88. The molecule has 5 nitrogen and oxygen atoms in total. The Balaban J connectivity index is 1.75. The van der Waals surface area contributed by atoms with E-state index in [-0.39, 0.29) is 0 Å². The molecule has 0 spiro atoms. The number of aromatic nitrogens is 3. The van der Waals surface area contributed by atoms with Crippen LogP contribution in [0.1, 0.15) is 24.5 Å². The molecular formula is C14H17ClN4O. The first-order valence-corrected chi connectivity index (χ1v) is 7.14. The van der Waals surface area contributed by atoms with Crippen molar-refractivity contribution in [2.45, 2.75) is 32.4 Å². The van der Waals surface area contributed by atoms with E-state index in [1.165, 1.54) is 12.8 Å². The molecule has 0 fully saturated rings. The van der Waals surface area contributed by atoms with Crippen molar-refractivity contribution in [3.05, 3.63) is 34.9 Å². The zero-order valence-electron chi connectivity index (χ0n) is 11.4. The first-order chi connectivity index (χ1) is 9.78. The number of ether oxygens (including phenoxy) is 1. The second-order valence-corrected chi connectivity index (χ2v) is 5.25. The van der Waals surface area contributed by atoms with Gasteiger partial charge in [-0.15, -0.1) is 10.2 Å². The first kappa shape index (κ1) is 13.2. The highest BCUT2D eigenvalue weighted by molar-refractivity contribution is 6.33. The highest BCUT2D eigenvalue weighted by Crippen LogP contribution is 2.27. The van der Waals surface area contributed by atoms with Crippen LogP contribution in [0.5, 0.6) is 5.75 Å².